The summed E-state index contributed by atoms with van der Waals surface area (Å²) in [5.74, 6) is -0.954. The molecule has 0 fully saturated rings. The second kappa shape index (κ2) is 53.7. The standard InChI is InChI=1S/C59H104O6/c1-4-7-10-13-16-19-22-24-26-28-29-31-32-34-37-40-43-46-49-52-58(61)64-55-56(54-63-57(60)51-48-45-42-39-36-21-18-15-12-9-6-3)65-59(62)53-50-47-44-41-38-35-33-30-27-25-23-20-17-14-11-8-5-2/h15,17-18,20,25,27,33,35,41,44,56H,4-14,16,19,21-24,26,28-32,34,36-40,42-43,45-55H2,1-3H3/b18-15-,20-17-,27-25-,35-33-,44-41-/t56-/m1/s1. The minimum absolute atomic E-state index is 0.0962. The minimum Gasteiger partial charge on any atom is -0.462 e. The smallest absolute Gasteiger partial charge is 0.306 e. The van der Waals surface area contributed by atoms with Gasteiger partial charge in [-0.3, -0.25) is 14.4 Å². The topological polar surface area (TPSA) is 78.9 Å². The second-order valence-electron chi connectivity index (χ2n) is 18.5. The van der Waals surface area contributed by atoms with Crippen LogP contribution in [-0.4, -0.2) is 37.2 Å². The van der Waals surface area contributed by atoms with Crippen molar-refractivity contribution in [3.63, 3.8) is 0 Å². The van der Waals surface area contributed by atoms with E-state index in [-0.39, 0.29) is 37.5 Å². The first-order valence-corrected chi connectivity index (χ1v) is 27.8. The molecule has 1 atom stereocenters. The number of carbonyl (C=O) groups is 3. The first-order chi connectivity index (χ1) is 32.0. The summed E-state index contributed by atoms with van der Waals surface area (Å²) in [6.07, 6.45) is 66.5. The van der Waals surface area contributed by atoms with Gasteiger partial charge in [0.1, 0.15) is 13.2 Å². The van der Waals surface area contributed by atoms with Crippen LogP contribution in [0.4, 0.5) is 0 Å². The molecule has 0 saturated heterocycles. The number of allylic oxidation sites excluding steroid dienone is 10. The molecule has 0 aromatic heterocycles. The Morgan fingerprint density at radius 1 is 0.308 bits per heavy atom. The Bertz CT molecular complexity index is 1180. The van der Waals surface area contributed by atoms with Gasteiger partial charge in [0.2, 0.25) is 0 Å². The maximum Gasteiger partial charge on any atom is 0.306 e. The summed E-state index contributed by atoms with van der Waals surface area (Å²) >= 11 is 0. The molecule has 65 heavy (non-hydrogen) atoms. The molecule has 0 radical (unpaired) electrons. The summed E-state index contributed by atoms with van der Waals surface area (Å²) in [6, 6.07) is 0. The number of carbonyl (C=O) groups excluding carboxylic acids is 3. The van der Waals surface area contributed by atoms with Gasteiger partial charge in [0.15, 0.2) is 6.10 Å². The highest BCUT2D eigenvalue weighted by Crippen LogP contribution is 2.16. The maximum absolute atomic E-state index is 12.8. The van der Waals surface area contributed by atoms with Crippen molar-refractivity contribution >= 4 is 17.9 Å². The molecular weight excluding hydrogens is 805 g/mol. The fourth-order valence-electron chi connectivity index (χ4n) is 7.77. The molecule has 6 heteroatoms. The first kappa shape index (κ1) is 62.1. The fourth-order valence-corrected chi connectivity index (χ4v) is 7.77. The molecule has 376 valence electrons. The lowest BCUT2D eigenvalue weighted by molar-refractivity contribution is -0.167. The molecule has 0 unspecified atom stereocenters. The first-order valence-electron chi connectivity index (χ1n) is 27.8. The minimum atomic E-state index is -0.803. The van der Waals surface area contributed by atoms with E-state index in [1.165, 1.54) is 161 Å². The largest absolute Gasteiger partial charge is 0.462 e. The van der Waals surface area contributed by atoms with Gasteiger partial charge in [-0.15, -0.1) is 0 Å². The van der Waals surface area contributed by atoms with Crippen LogP contribution in [0, 0.1) is 0 Å². The van der Waals surface area contributed by atoms with E-state index in [0.29, 0.717) is 19.3 Å². The molecule has 0 bridgehead atoms. The van der Waals surface area contributed by atoms with Crippen LogP contribution in [0.15, 0.2) is 60.8 Å². The van der Waals surface area contributed by atoms with Gasteiger partial charge in [0.25, 0.3) is 0 Å². The van der Waals surface area contributed by atoms with Crippen LogP contribution in [-0.2, 0) is 28.6 Å². The highest BCUT2D eigenvalue weighted by molar-refractivity contribution is 5.71. The van der Waals surface area contributed by atoms with Gasteiger partial charge in [-0.1, -0.05) is 242 Å². The molecule has 0 heterocycles. The van der Waals surface area contributed by atoms with Crippen molar-refractivity contribution in [3.05, 3.63) is 60.8 Å². The van der Waals surface area contributed by atoms with Crippen LogP contribution < -0.4 is 0 Å². The summed E-state index contributed by atoms with van der Waals surface area (Å²) in [4.78, 5) is 38.0. The Labute approximate surface area is 402 Å². The zero-order valence-corrected chi connectivity index (χ0v) is 43.0. The highest BCUT2D eigenvalue weighted by atomic mass is 16.6. The summed E-state index contributed by atoms with van der Waals surface area (Å²) in [5.41, 5.74) is 0. The zero-order chi connectivity index (χ0) is 47.2. The van der Waals surface area contributed by atoms with E-state index in [4.69, 9.17) is 14.2 Å². The predicted molar refractivity (Wildman–Crippen MR) is 279 cm³/mol. The Hall–Kier alpha value is -2.89. The van der Waals surface area contributed by atoms with Crippen molar-refractivity contribution in [2.45, 2.75) is 284 Å². The van der Waals surface area contributed by atoms with E-state index in [1.807, 2.05) is 0 Å². The normalized spacial score (nSPS) is 12.5. The van der Waals surface area contributed by atoms with E-state index < -0.39 is 6.10 Å². The lowest BCUT2D eigenvalue weighted by Crippen LogP contribution is -2.30. The number of hydrogen-bond acceptors (Lipinski definition) is 6. The van der Waals surface area contributed by atoms with Gasteiger partial charge >= 0.3 is 17.9 Å². The number of ether oxygens (including phenoxy) is 3. The molecule has 0 rings (SSSR count). The van der Waals surface area contributed by atoms with E-state index in [0.717, 1.165) is 70.6 Å². The van der Waals surface area contributed by atoms with Crippen molar-refractivity contribution < 1.29 is 28.6 Å². The van der Waals surface area contributed by atoms with Gasteiger partial charge in [-0.05, 0) is 77.0 Å². The molecule has 0 amide bonds. The van der Waals surface area contributed by atoms with Crippen molar-refractivity contribution in [2.75, 3.05) is 13.2 Å². The predicted octanol–water partition coefficient (Wildman–Crippen LogP) is 18.4. The Morgan fingerprint density at radius 2 is 0.585 bits per heavy atom. The van der Waals surface area contributed by atoms with Crippen LogP contribution in [0.25, 0.3) is 0 Å². The van der Waals surface area contributed by atoms with Gasteiger partial charge in [0, 0.05) is 19.3 Å². The number of unbranched alkanes of at least 4 members (excludes halogenated alkanes) is 29. The third-order valence-electron chi connectivity index (χ3n) is 12.0. The Balaban J connectivity index is 4.39. The van der Waals surface area contributed by atoms with Crippen LogP contribution in [0.3, 0.4) is 0 Å². The van der Waals surface area contributed by atoms with E-state index >= 15 is 0 Å². The Morgan fingerprint density at radius 3 is 1.00 bits per heavy atom. The van der Waals surface area contributed by atoms with E-state index in [9.17, 15) is 14.4 Å². The molecule has 0 aliphatic heterocycles. The van der Waals surface area contributed by atoms with Gasteiger partial charge < -0.3 is 14.2 Å². The SMILES string of the molecule is CCCC/C=C\CCCCCCCC(=O)OC[C@H](COC(=O)CCCCCCCCCCCCCCCCCCCCC)OC(=O)CCC/C=C\C/C=C\C/C=C\C/C=C\CCCCC. The molecule has 0 aromatic carbocycles. The molecule has 0 aromatic rings. The van der Waals surface area contributed by atoms with Gasteiger partial charge in [0.05, 0.1) is 0 Å². The Kier molecular flexibility index (Phi) is 51.3. The quantitative estimate of drug-likeness (QED) is 0.0262. The van der Waals surface area contributed by atoms with Crippen molar-refractivity contribution in [3.8, 4) is 0 Å². The van der Waals surface area contributed by atoms with Crippen LogP contribution in [0.1, 0.15) is 278 Å². The molecule has 0 aliphatic rings. The molecule has 0 aliphatic carbocycles. The number of rotatable bonds is 50. The van der Waals surface area contributed by atoms with Crippen molar-refractivity contribution in [1.82, 2.24) is 0 Å². The summed E-state index contributed by atoms with van der Waals surface area (Å²) in [6.45, 7) is 6.54. The van der Waals surface area contributed by atoms with E-state index in [2.05, 4.69) is 81.5 Å². The maximum atomic E-state index is 12.8. The lowest BCUT2D eigenvalue weighted by atomic mass is 10.0. The highest BCUT2D eigenvalue weighted by Gasteiger charge is 2.19. The third kappa shape index (κ3) is 51.9. The van der Waals surface area contributed by atoms with Crippen molar-refractivity contribution in [1.29, 1.82) is 0 Å². The van der Waals surface area contributed by atoms with Crippen LogP contribution >= 0.6 is 0 Å². The number of hydrogen-bond donors (Lipinski definition) is 0. The monoisotopic (exact) mass is 909 g/mol. The zero-order valence-electron chi connectivity index (χ0n) is 43.0. The average Bonchev–Trinajstić information content (AvgIpc) is 3.30. The van der Waals surface area contributed by atoms with Crippen LogP contribution in [0.2, 0.25) is 0 Å². The molecule has 0 saturated carbocycles. The van der Waals surface area contributed by atoms with Gasteiger partial charge in [-0.25, -0.2) is 0 Å². The van der Waals surface area contributed by atoms with E-state index in [1.54, 1.807) is 0 Å². The second-order valence-corrected chi connectivity index (χ2v) is 18.5. The summed E-state index contributed by atoms with van der Waals surface area (Å²) < 4.78 is 16.8. The molecule has 0 N–H and O–H groups in total. The number of esters is 3. The molecule has 6 nitrogen and oxygen atoms in total. The molecule has 0 spiro atoms. The third-order valence-corrected chi connectivity index (χ3v) is 12.0. The summed E-state index contributed by atoms with van der Waals surface area (Å²) in [7, 11) is 0. The fraction of sp³-hybridized carbons (Fsp3) is 0.780. The molecular formula is C59H104O6. The lowest BCUT2D eigenvalue weighted by Gasteiger charge is -2.18. The average molecular weight is 909 g/mol. The summed E-state index contributed by atoms with van der Waals surface area (Å²) in [5, 5.41) is 0. The van der Waals surface area contributed by atoms with Crippen molar-refractivity contribution in [2.24, 2.45) is 0 Å². The van der Waals surface area contributed by atoms with Gasteiger partial charge in [-0.2, -0.15) is 0 Å². The van der Waals surface area contributed by atoms with Crippen LogP contribution in [0.5, 0.6) is 0 Å².